The molecule has 1 aliphatic heterocycles. The number of aliphatic hydroxyl groups excluding tert-OH is 1. The zero-order valence-corrected chi connectivity index (χ0v) is 9.24. The molecule has 0 spiro atoms. The molecule has 1 unspecified atom stereocenters. The van der Waals surface area contributed by atoms with Crippen molar-refractivity contribution in [2.24, 2.45) is 0 Å². The van der Waals surface area contributed by atoms with Gasteiger partial charge in [-0.15, -0.1) is 0 Å². The van der Waals surface area contributed by atoms with Gasteiger partial charge in [0.05, 0.1) is 6.61 Å². The first-order valence-corrected chi connectivity index (χ1v) is 5.45. The summed E-state index contributed by atoms with van der Waals surface area (Å²) in [6, 6.07) is 4.81. The molecule has 0 bridgehead atoms. The Balaban J connectivity index is 2.26. The van der Waals surface area contributed by atoms with E-state index in [2.05, 4.69) is 0 Å². The molecule has 1 aromatic carbocycles. The second kappa shape index (κ2) is 4.66. The van der Waals surface area contributed by atoms with Gasteiger partial charge in [-0.1, -0.05) is 12.1 Å². The summed E-state index contributed by atoms with van der Waals surface area (Å²) < 4.78 is 18.9. The molecule has 1 aromatic rings. The summed E-state index contributed by atoms with van der Waals surface area (Å²) in [5.41, 5.74) is 1.12. The van der Waals surface area contributed by atoms with E-state index in [9.17, 15) is 9.50 Å². The largest absolute Gasteiger partial charge is 0.495 e. The van der Waals surface area contributed by atoms with E-state index in [1.807, 2.05) is 13.0 Å². The third-order valence-electron chi connectivity index (χ3n) is 2.68. The summed E-state index contributed by atoms with van der Waals surface area (Å²) in [6.07, 6.45) is 2.67. The van der Waals surface area contributed by atoms with E-state index in [4.69, 9.17) is 4.74 Å². The number of halogens is 1. The molecule has 86 valence electrons. The van der Waals surface area contributed by atoms with Crippen LogP contribution in [0, 0.1) is 12.7 Å². The Morgan fingerprint density at radius 1 is 1.44 bits per heavy atom. The molecule has 0 fully saturated rings. The van der Waals surface area contributed by atoms with Crippen LogP contribution in [0.1, 0.15) is 30.1 Å². The van der Waals surface area contributed by atoms with Gasteiger partial charge in [0.15, 0.2) is 0 Å². The van der Waals surface area contributed by atoms with Crippen molar-refractivity contribution in [1.82, 2.24) is 0 Å². The van der Waals surface area contributed by atoms with Gasteiger partial charge >= 0.3 is 0 Å². The molecule has 0 saturated carbocycles. The quantitative estimate of drug-likeness (QED) is 0.833. The highest BCUT2D eigenvalue weighted by atomic mass is 19.1. The van der Waals surface area contributed by atoms with Crippen molar-refractivity contribution in [2.45, 2.75) is 25.9 Å². The average Bonchev–Trinajstić information content (AvgIpc) is 2.29. The molecule has 2 nitrogen and oxygen atoms in total. The topological polar surface area (TPSA) is 29.5 Å². The Labute approximate surface area is 94.4 Å². The number of aryl methyl sites for hydroxylation is 1. The Bertz CT molecular complexity index is 412. The Morgan fingerprint density at radius 3 is 2.88 bits per heavy atom. The van der Waals surface area contributed by atoms with Crippen LogP contribution in [0.3, 0.4) is 0 Å². The maximum atomic E-state index is 13.6. The van der Waals surface area contributed by atoms with Gasteiger partial charge in [0.25, 0.3) is 0 Å². The summed E-state index contributed by atoms with van der Waals surface area (Å²) in [7, 11) is 0. The number of aliphatic hydroxyl groups is 1. The predicted molar refractivity (Wildman–Crippen MR) is 59.4 cm³/mol. The van der Waals surface area contributed by atoms with E-state index in [1.54, 1.807) is 12.1 Å². The van der Waals surface area contributed by atoms with Crippen molar-refractivity contribution in [2.75, 3.05) is 6.61 Å². The molecule has 0 amide bonds. The molecule has 0 radical (unpaired) electrons. The Hall–Kier alpha value is -1.35. The minimum absolute atomic E-state index is 0.277. The summed E-state index contributed by atoms with van der Waals surface area (Å²) in [5, 5.41) is 9.98. The fourth-order valence-electron chi connectivity index (χ4n) is 1.77. The number of hydrogen-bond acceptors (Lipinski definition) is 2. The number of allylic oxidation sites excluding steroid dienone is 1. The fraction of sp³-hybridized carbons (Fsp3) is 0.385. The highest BCUT2D eigenvalue weighted by molar-refractivity contribution is 5.29. The summed E-state index contributed by atoms with van der Waals surface area (Å²) in [5.74, 6) is 0.0802. The number of benzene rings is 1. The molecule has 1 atom stereocenters. The van der Waals surface area contributed by atoms with Crippen molar-refractivity contribution < 1.29 is 14.2 Å². The molecular formula is C13H15FO2. The zero-order valence-electron chi connectivity index (χ0n) is 9.24. The lowest BCUT2D eigenvalue weighted by Crippen LogP contribution is -2.11. The SMILES string of the molecule is Cc1ccc(C(O)C2=CCCCO2)c(F)c1. The van der Waals surface area contributed by atoms with E-state index in [0.717, 1.165) is 18.4 Å². The molecule has 1 heterocycles. The maximum absolute atomic E-state index is 13.6. The normalized spacial score (nSPS) is 17.6. The maximum Gasteiger partial charge on any atom is 0.138 e. The van der Waals surface area contributed by atoms with Crippen LogP contribution in [0.4, 0.5) is 4.39 Å². The third-order valence-corrected chi connectivity index (χ3v) is 2.68. The number of ether oxygens (including phenoxy) is 1. The smallest absolute Gasteiger partial charge is 0.138 e. The van der Waals surface area contributed by atoms with Crippen molar-refractivity contribution in [3.8, 4) is 0 Å². The van der Waals surface area contributed by atoms with Crippen LogP contribution < -0.4 is 0 Å². The first-order valence-electron chi connectivity index (χ1n) is 5.45. The van der Waals surface area contributed by atoms with Crippen molar-refractivity contribution >= 4 is 0 Å². The van der Waals surface area contributed by atoms with E-state index < -0.39 is 6.10 Å². The van der Waals surface area contributed by atoms with Crippen molar-refractivity contribution in [3.05, 3.63) is 47.0 Å². The molecule has 1 N–H and O–H groups in total. The minimum Gasteiger partial charge on any atom is -0.495 e. The van der Waals surface area contributed by atoms with E-state index >= 15 is 0 Å². The van der Waals surface area contributed by atoms with Crippen LogP contribution in [0.5, 0.6) is 0 Å². The van der Waals surface area contributed by atoms with Crippen molar-refractivity contribution in [1.29, 1.82) is 0 Å². The van der Waals surface area contributed by atoms with Crippen LogP contribution in [0.2, 0.25) is 0 Å². The average molecular weight is 222 g/mol. The van der Waals surface area contributed by atoms with Crippen molar-refractivity contribution in [3.63, 3.8) is 0 Å². The van der Waals surface area contributed by atoms with Crippen LogP contribution in [0.25, 0.3) is 0 Å². The molecule has 0 saturated heterocycles. The highest BCUT2D eigenvalue weighted by Crippen LogP contribution is 2.27. The van der Waals surface area contributed by atoms with Gasteiger partial charge in [0, 0.05) is 5.56 Å². The van der Waals surface area contributed by atoms with E-state index in [-0.39, 0.29) is 11.4 Å². The Kier molecular flexibility index (Phi) is 3.25. The van der Waals surface area contributed by atoms with Gasteiger partial charge in [-0.05, 0) is 37.5 Å². The van der Waals surface area contributed by atoms with E-state index in [1.165, 1.54) is 6.07 Å². The molecule has 1 aliphatic rings. The lowest BCUT2D eigenvalue weighted by Gasteiger charge is -2.20. The van der Waals surface area contributed by atoms with Crippen LogP contribution in [-0.4, -0.2) is 11.7 Å². The fourth-order valence-corrected chi connectivity index (χ4v) is 1.77. The summed E-state index contributed by atoms with van der Waals surface area (Å²) >= 11 is 0. The molecule has 16 heavy (non-hydrogen) atoms. The second-order valence-corrected chi connectivity index (χ2v) is 4.02. The highest BCUT2D eigenvalue weighted by Gasteiger charge is 2.20. The number of hydrogen-bond donors (Lipinski definition) is 1. The standard InChI is InChI=1S/C13H15FO2/c1-9-5-6-10(11(14)8-9)13(15)12-4-2-3-7-16-12/h4-6,8,13,15H,2-3,7H2,1H3. The molecule has 3 heteroatoms. The predicted octanol–water partition coefficient (Wildman–Crippen LogP) is 2.86. The lowest BCUT2D eigenvalue weighted by atomic mass is 10.0. The molecule has 0 aromatic heterocycles. The van der Waals surface area contributed by atoms with Gasteiger partial charge in [-0.25, -0.2) is 4.39 Å². The summed E-state index contributed by atoms with van der Waals surface area (Å²) in [6.45, 7) is 2.41. The monoisotopic (exact) mass is 222 g/mol. The van der Waals surface area contributed by atoms with Gasteiger partial charge in [-0.3, -0.25) is 0 Å². The lowest BCUT2D eigenvalue weighted by molar-refractivity contribution is 0.0897. The van der Waals surface area contributed by atoms with Crippen LogP contribution in [-0.2, 0) is 4.74 Å². The number of rotatable bonds is 2. The first-order chi connectivity index (χ1) is 7.68. The van der Waals surface area contributed by atoms with Crippen LogP contribution >= 0.6 is 0 Å². The summed E-state index contributed by atoms with van der Waals surface area (Å²) in [4.78, 5) is 0. The van der Waals surface area contributed by atoms with Gasteiger partial charge < -0.3 is 9.84 Å². The third kappa shape index (κ3) is 2.25. The van der Waals surface area contributed by atoms with Gasteiger partial charge in [0.1, 0.15) is 17.7 Å². The van der Waals surface area contributed by atoms with E-state index in [0.29, 0.717) is 12.4 Å². The minimum atomic E-state index is -0.985. The molecular weight excluding hydrogens is 207 g/mol. The zero-order chi connectivity index (χ0) is 11.5. The van der Waals surface area contributed by atoms with Gasteiger partial charge in [-0.2, -0.15) is 0 Å². The van der Waals surface area contributed by atoms with Crippen LogP contribution in [0.15, 0.2) is 30.0 Å². The first kappa shape index (κ1) is 11.1. The molecule has 0 aliphatic carbocycles. The Morgan fingerprint density at radius 2 is 2.25 bits per heavy atom. The molecule has 2 rings (SSSR count). The van der Waals surface area contributed by atoms with Gasteiger partial charge in [0.2, 0.25) is 0 Å². The second-order valence-electron chi connectivity index (χ2n) is 4.02.